The molecule has 0 atom stereocenters. The number of rotatable bonds is 4. The molecule has 2 aromatic rings. The molecule has 17 heavy (non-hydrogen) atoms. The molecule has 2 rings (SSSR count). The van der Waals surface area contributed by atoms with Gasteiger partial charge >= 0.3 is 0 Å². The van der Waals surface area contributed by atoms with Crippen molar-refractivity contribution in [1.82, 2.24) is 4.90 Å². The summed E-state index contributed by atoms with van der Waals surface area (Å²) in [5, 5.41) is 0. The van der Waals surface area contributed by atoms with E-state index in [1.807, 2.05) is 30.1 Å². The SMILES string of the molecule is CN(Cc1ccc(N)c(F)c1)Cc1ccco1. The van der Waals surface area contributed by atoms with Crippen LogP contribution in [-0.4, -0.2) is 11.9 Å². The van der Waals surface area contributed by atoms with E-state index in [9.17, 15) is 4.39 Å². The number of furan rings is 1. The van der Waals surface area contributed by atoms with Crippen LogP contribution < -0.4 is 5.73 Å². The Labute approximate surface area is 99.6 Å². The largest absolute Gasteiger partial charge is 0.468 e. The molecule has 90 valence electrons. The predicted molar refractivity (Wildman–Crippen MR) is 64.7 cm³/mol. The van der Waals surface area contributed by atoms with Crippen LogP contribution in [0.15, 0.2) is 41.0 Å². The van der Waals surface area contributed by atoms with Crippen LogP contribution in [0.4, 0.5) is 10.1 Å². The quantitative estimate of drug-likeness (QED) is 0.827. The van der Waals surface area contributed by atoms with Crippen molar-refractivity contribution in [2.45, 2.75) is 13.1 Å². The van der Waals surface area contributed by atoms with Gasteiger partial charge in [-0.1, -0.05) is 6.07 Å². The Bertz CT molecular complexity index is 482. The second kappa shape index (κ2) is 5.01. The zero-order valence-electron chi connectivity index (χ0n) is 9.69. The van der Waals surface area contributed by atoms with E-state index in [1.54, 1.807) is 12.3 Å². The first kappa shape index (κ1) is 11.7. The monoisotopic (exact) mass is 234 g/mol. The molecule has 0 aliphatic carbocycles. The van der Waals surface area contributed by atoms with E-state index in [-0.39, 0.29) is 11.5 Å². The highest BCUT2D eigenvalue weighted by Crippen LogP contribution is 2.14. The van der Waals surface area contributed by atoms with Gasteiger partial charge in [0.25, 0.3) is 0 Å². The summed E-state index contributed by atoms with van der Waals surface area (Å²) in [4.78, 5) is 2.05. The normalized spacial score (nSPS) is 11.0. The molecule has 1 heterocycles. The number of nitrogens with zero attached hydrogens (tertiary/aromatic N) is 1. The van der Waals surface area contributed by atoms with Crippen molar-refractivity contribution in [3.05, 3.63) is 53.7 Å². The maximum absolute atomic E-state index is 13.2. The zero-order valence-corrected chi connectivity index (χ0v) is 9.69. The number of hydrogen-bond acceptors (Lipinski definition) is 3. The van der Waals surface area contributed by atoms with Crippen molar-refractivity contribution >= 4 is 5.69 Å². The van der Waals surface area contributed by atoms with Crippen LogP contribution >= 0.6 is 0 Å². The number of anilines is 1. The number of nitrogen functional groups attached to an aromatic ring is 1. The number of nitrogens with two attached hydrogens (primary N) is 1. The van der Waals surface area contributed by atoms with E-state index in [0.717, 1.165) is 11.3 Å². The molecule has 0 radical (unpaired) electrons. The van der Waals surface area contributed by atoms with E-state index in [4.69, 9.17) is 10.2 Å². The Hall–Kier alpha value is -1.81. The van der Waals surface area contributed by atoms with Gasteiger partial charge in [0, 0.05) is 6.54 Å². The summed E-state index contributed by atoms with van der Waals surface area (Å²) in [7, 11) is 1.96. The molecule has 0 aliphatic heterocycles. The molecule has 0 fully saturated rings. The molecule has 4 heteroatoms. The fourth-order valence-electron chi connectivity index (χ4n) is 1.71. The van der Waals surface area contributed by atoms with E-state index >= 15 is 0 Å². The van der Waals surface area contributed by atoms with Crippen molar-refractivity contribution in [3.63, 3.8) is 0 Å². The minimum Gasteiger partial charge on any atom is -0.468 e. The predicted octanol–water partition coefficient (Wildman–Crippen LogP) is 2.63. The maximum atomic E-state index is 13.2. The van der Waals surface area contributed by atoms with Crippen molar-refractivity contribution in [1.29, 1.82) is 0 Å². The number of hydrogen-bond donors (Lipinski definition) is 1. The van der Waals surface area contributed by atoms with Gasteiger partial charge in [-0.15, -0.1) is 0 Å². The van der Waals surface area contributed by atoms with Gasteiger partial charge in [-0.2, -0.15) is 0 Å². The molecule has 3 nitrogen and oxygen atoms in total. The Kier molecular flexibility index (Phi) is 3.44. The Morgan fingerprint density at radius 1 is 1.29 bits per heavy atom. The van der Waals surface area contributed by atoms with E-state index in [2.05, 4.69) is 0 Å². The van der Waals surface area contributed by atoms with Gasteiger partial charge in [0.05, 0.1) is 18.5 Å². The molecule has 1 aromatic carbocycles. The van der Waals surface area contributed by atoms with Crippen molar-refractivity contribution in [3.8, 4) is 0 Å². The Morgan fingerprint density at radius 2 is 2.12 bits per heavy atom. The average Bonchev–Trinajstić information content (AvgIpc) is 2.76. The molecule has 1 aromatic heterocycles. The number of halogens is 1. The van der Waals surface area contributed by atoms with Gasteiger partial charge in [-0.05, 0) is 36.9 Å². The van der Waals surface area contributed by atoms with Gasteiger partial charge < -0.3 is 10.2 Å². The lowest BCUT2D eigenvalue weighted by Crippen LogP contribution is -2.17. The van der Waals surface area contributed by atoms with E-state index in [0.29, 0.717) is 13.1 Å². The van der Waals surface area contributed by atoms with Gasteiger partial charge in [-0.3, -0.25) is 4.90 Å². The molecule has 0 aliphatic rings. The Balaban J connectivity index is 1.98. The van der Waals surface area contributed by atoms with Gasteiger partial charge in [0.15, 0.2) is 0 Å². The van der Waals surface area contributed by atoms with Crippen LogP contribution in [0.2, 0.25) is 0 Å². The highest BCUT2D eigenvalue weighted by atomic mass is 19.1. The molecule has 0 amide bonds. The lowest BCUT2D eigenvalue weighted by molar-refractivity contribution is 0.287. The topological polar surface area (TPSA) is 42.4 Å². The zero-order chi connectivity index (χ0) is 12.3. The summed E-state index contributed by atoms with van der Waals surface area (Å²) >= 11 is 0. The molecule has 0 spiro atoms. The third-order valence-electron chi connectivity index (χ3n) is 2.52. The lowest BCUT2D eigenvalue weighted by Gasteiger charge is -2.15. The van der Waals surface area contributed by atoms with Gasteiger partial charge in [0.1, 0.15) is 11.6 Å². The smallest absolute Gasteiger partial charge is 0.146 e. The average molecular weight is 234 g/mol. The van der Waals surface area contributed by atoms with Crippen molar-refractivity contribution in [2.75, 3.05) is 12.8 Å². The molecule has 0 saturated carbocycles. The minimum absolute atomic E-state index is 0.183. The van der Waals surface area contributed by atoms with Crippen LogP contribution in [0, 0.1) is 5.82 Å². The fourth-order valence-corrected chi connectivity index (χ4v) is 1.71. The summed E-state index contributed by atoms with van der Waals surface area (Å²) < 4.78 is 18.5. The lowest BCUT2D eigenvalue weighted by atomic mass is 10.2. The van der Waals surface area contributed by atoms with Crippen molar-refractivity contribution < 1.29 is 8.81 Å². The molecule has 0 saturated heterocycles. The maximum Gasteiger partial charge on any atom is 0.146 e. The molecule has 2 N–H and O–H groups in total. The van der Waals surface area contributed by atoms with E-state index < -0.39 is 0 Å². The molecular formula is C13H15FN2O. The first-order valence-corrected chi connectivity index (χ1v) is 5.40. The highest BCUT2D eigenvalue weighted by molar-refractivity contribution is 5.41. The van der Waals surface area contributed by atoms with Crippen LogP contribution in [0.25, 0.3) is 0 Å². The van der Waals surface area contributed by atoms with Crippen molar-refractivity contribution in [2.24, 2.45) is 0 Å². The highest BCUT2D eigenvalue weighted by Gasteiger charge is 2.05. The second-order valence-corrected chi connectivity index (χ2v) is 4.11. The molecular weight excluding hydrogens is 219 g/mol. The van der Waals surface area contributed by atoms with E-state index in [1.165, 1.54) is 6.07 Å². The first-order valence-electron chi connectivity index (χ1n) is 5.40. The number of benzene rings is 1. The fraction of sp³-hybridized carbons (Fsp3) is 0.231. The van der Waals surface area contributed by atoms with Gasteiger partial charge in [0.2, 0.25) is 0 Å². The summed E-state index contributed by atoms with van der Waals surface area (Å²) in [6, 6.07) is 8.66. The molecule has 0 unspecified atom stereocenters. The third kappa shape index (κ3) is 3.07. The minimum atomic E-state index is -0.367. The summed E-state index contributed by atoms with van der Waals surface area (Å²) in [5.74, 6) is 0.525. The third-order valence-corrected chi connectivity index (χ3v) is 2.52. The summed E-state index contributed by atoms with van der Waals surface area (Å²) in [5.41, 5.74) is 6.50. The summed E-state index contributed by atoms with van der Waals surface area (Å²) in [6.45, 7) is 1.34. The first-order chi connectivity index (χ1) is 8.15. The summed E-state index contributed by atoms with van der Waals surface area (Å²) in [6.07, 6.45) is 1.64. The second-order valence-electron chi connectivity index (χ2n) is 4.11. The standard InChI is InChI=1S/C13H15FN2O/c1-16(9-11-3-2-6-17-11)8-10-4-5-13(15)12(14)7-10/h2-7H,8-9,15H2,1H3. The van der Waals surface area contributed by atoms with Crippen LogP contribution in [-0.2, 0) is 13.1 Å². The van der Waals surface area contributed by atoms with Crippen LogP contribution in [0.3, 0.4) is 0 Å². The van der Waals surface area contributed by atoms with Crippen LogP contribution in [0.5, 0.6) is 0 Å². The molecule has 0 bridgehead atoms. The van der Waals surface area contributed by atoms with Crippen LogP contribution in [0.1, 0.15) is 11.3 Å². The Morgan fingerprint density at radius 3 is 2.76 bits per heavy atom. The van der Waals surface area contributed by atoms with Gasteiger partial charge in [-0.25, -0.2) is 4.39 Å².